The average Bonchev–Trinajstić information content (AvgIpc) is 3.50. The number of carbonyl (C=O) groups excluding carboxylic acids is 4. The van der Waals surface area contributed by atoms with Gasteiger partial charge in [0.1, 0.15) is 5.54 Å². The highest BCUT2D eigenvalue weighted by Crippen LogP contribution is 2.35. The highest BCUT2D eigenvalue weighted by Gasteiger charge is 2.53. The van der Waals surface area contributed by atoms with E-state index in [9.17, 15) is 19.2 Å². The molecule has 1 aromatic heterocycles. The molecule has 5 amide bonds. The summed E-state index contributed by atoms with van der Waals surface area (Å²) in [4.78, 5) is 53.9. The molecule has 2 fully saturated rings. The molecule has 0 radical (unpaired) electrons. The van der Waals surface area contributed by atoms with Gasteiger partial charge in [0.2, 0.25) is 5.91 Å². The Kier molecular flexibility index (Phi) is 5.44. The molecule has 2 aromatic rings. The number of hydrogen-bond donors (Lipinski definition) is 2. The van der Waals surface area contributed by atoms with Gasteiger partial charge in [-0.05, 0) is 59.7 Å². The first-order valence-corrected chi connectivity index (χ1v) is 12.1. The summed E-state index contributed by atoms with van der Waals surface area (Å²) in [7, 11) is 0. The van der Waals surface area contributed by atoms with Crippen molar-refractivity contribution in [1.29, 1.82) is 0 Å². The van der Waals surface area contributed by atoms with E-state index in [1.165, 1.54) is 16.2 Å². The Morgan fingerprint density at radius 2 is 1.91 bits per heavy atom. The molecule has 4 heterocycles. The molecule has 172 valence electrons. The minimum Gasteiger partial charge on any atom is -0.345 e. The molecule has 2 unspecified atom stereocenters. The number of nitrogens with one attached hydrogen (secondary N) is 2. The Hall–Kier alpha value is -3.20. The lowest BCUT2D eigenvalue weighted by molar-refractivity contribution is -0.136. The second kappa shape index (κ2) is 8.30. The number of benzene rings is 1. The van der Waals surface area contributed by atoms with Crippen molar-refractivity contribution in [3.8, 4) is 0 Å². The fourth-order valence-electron chi connectivity index (χ4n) is 5.19. The molecule has 2 saturated heterocycles. The zero-order valence-corrected chi connectivity index (χ0v) is 19.2. The first-order valence-electron chi connectivity index (χ1n) is 11.2. The number of piperidine rings is 1. The molecule has 0 spiro atoms. The normalized spacial score (nSPS) is 25.2. The summed E-state index contributed by atoms with van der Waals surface area (Å²) in [5.74, 6) is -0.398. The van der Waals surface area contributed by atoms with Crippen LogP contribution in [0, 0.1) is 5.92 Å². The maximum Gasteiger partial charge on any atom is 0.325 e. The van der Waals surface area contributed by atoms with Crippen LogP contribution in [0.25, 0.3) is 0 Å². The Balaban J connectivity index is 1.20. The Morgan fingerprint density at radius 3 is 2.64 bits per heavy atom. The molecular formula is C24H26N4O4S. The SMILES string of the molecule is CC1(C2CCN(C(=O)CC3NC(=O)c4ccccc43)CC2)NC(=O)N(Cc2ccsc2)C1=O. The molecule has 0 bridgehead atoms. The van der Waals surface area contributed by atoms with E-state index in [0.29, 0.717) is 31.5 Å². The molecule has 9 heteroatoms. The molecule has 0 aliphatic carbocycles. The minimum absolute atomic E-state index is 0.0125. The number of imide groups is 1. The lowest BCUT2D eigenvalue weighted by Gasteiger charge is -2.39. The van der Waals surface area contributed by atoms with Crippen molar-refractivity contribution in [2.45, 2.75) is 44.3 Å². The van der Waals surface area contributed by atoms with Crippen LogP contribution in [0.5, 0.6) is 0 Å². The molecule has 2 N–H and O–H groups in total. The minimum atomic E-state index is -0.958. The number of likely N-dealkylation sites (tertiary alicyclic amines) is 1. The van der Waals surface area contributed by atoms with Crippen LogP contribution in [0.3, 0.4) is 0 Å². The van der Waals surface area contributed by atoms with E-state index < -0.39 is 5.54 Å². The number of nitrogens with zero attached hydrogens (tertiary/aromatic N) is 2. The fraction of sp³-hybridized carbons (Fsp3) is 0.417. The van der Waals surface area contributed by atoms with Crippen LogP contribution in [0.4, 0.5) is 4.79 Å². The van der Waals surface area contributed by atoms with E-state index in [0.717, 1.165) is 11.1 Å². The first-order chi connectivity index (χ1) is 15.9. The number of rotatable bonds is 5. The summed E-state index contributed by atoms with van der Waals surface area (Å²) >= 11 is 1.53. The van der Waals surface area contributed by atoms with Crippen LogP contribution in [0.15, 0.2) is 41.1 Å². The molecule has 3 aliphatic heterocycles. The van der Waals surface area contributed by atoms with Gasteiger partial charge in [0.05, 0.1) is 19.0 Å². The molecular weight excluding hydrogens is 440 g/mol. The molecule has 8 nitrogen and oxygen atoms in total. The highest BCUT2D eigenvalue weighted by atomic mass is 32.1. The lowest BCUT2D eigenvalue weighted by Crippen LogP contribution is -2.54. The third kappa shape index (κ3) is 3.80. The maximum atomic E-state index is 13.2. The van der Waals surface area contributed by atoms with Crippen LogP contribution < -0.4 is 10.6 Å². The summed E-state index contributed by atoms with van der Waals surface area (Å²) in [5.41, 5.74) is 1.47. The van der Waals surface area contributed by atoms with E-state index >= 15 is 0 Å². The van der Waals surface area contributed by atoms with Gasteiger partial charge in [0, 0.05) is 18.7 Å². The average molecular weight is 467 g/mol. The van der Waals surface area contributed by atoms with E-state index in [2.05, 4.69) is 10.6 Å². The highest BCUT2D eigenvalue weighted by molar-refractivity contribution is 7.07. The predicted molar refractivity (Wildman–Crippen MR) is 122 cm³/mol. The molecule has 3 aliphatic rings. The van der Waals surface area contributed by atoms with E-state index in [-0.39, 0.29) is 48.7 Å². The quantitative estimate of drug-likeness (QED) is 0.662. The van der Waals surface area contributed by atoms with Crippen molar-refractivity contribution < 1.29 is 19.2 Å². The van der Waals surface area contributed by atoms with E-state index in [1.807, 2.05) is 35.0 Å². The van der Waals surface area contributed by atoms with Crippen molar-refractivity contribution in [2.75, 3.05) is 13.1 Å². The number of hydrogen-bond acceptors (Lipinski definition) is 5. The van der Waals surface area contributed by atoms with E-state index in [4.69, 9.17) is 0 Å². The second-order valence-electron chi connectivity index (χ2n) is 9.13. The van der Waals surface area contributed by atoms with Gasteiger partial charge in [0.25, 0.3) is 11.8 Å². The van der Waals surface area contributed by atoms with E-state index in [1.54, 1.807) is 17.9 Å². The number of carbonyl (C=O) groups is 4. The summed E-state index contributed by atoms with van der Waals surface area (Å²) < 4.78 is 0. The predicted octanol–water partition coefficient (Wildman–Crippen LogP) is 2.67. The van der Waals surface area contributed by atoms with Crippen molar-refractivity contribution in [1.82, 2.24) is 20.4 Å². The van der Waals surface area contributed by atoms with Crippen LogP contribution in [-0.2, 0) is 16.1 Å². The van der Waals surface area contributed by atoms with Crippen LogP contribution >= 0.6 is 11.3 Å². The van der Waals surface area contributed by atoms with Crippen LogP contribution in [0.2, 0.25) is 0 Å². The second-order valence-corrected chi connectivity index (χ2v) is 9.91. The third-order valence-corrected chi connectivity index (χ3v) is 7.88. The van der Waals surface area contributed by atoms with Gasteiger partial charge >= 0.3 is 6.03 Å². The number of urea groups is 1. The number of amides is 5. The maximum absolute atomic E-state index is 13.2. The smallest absolute Gasteiger partial charge is 0.325 e. The van der Waals surface area contributed by atoms with Gasteiger partial charge in [-0.3, -0.25) is 19.3 Å². The third-order valence-electron chi connectivity index (χ3n) is 7.15. The van der Waals surface area contributed by atoms with Crippen LogP contribution in [0.1, 0.15) is 53.7 Å². The largest absolute Gasteiger partial charge is 0.345 e. The standard InChI is InChI=1S/C24H26N4O4S/c1-24(22(31)28(23(32)26-24)13-15-8-11-33-14-15)16-6-9-27(10-7-16)20(29)12-19-17-4-2-3-5-18(17)21(30)25-19/h2-5,8,11,14,16,19H,6-7,9-10,12-13H2,1H3,(H,25,30)(H,26,32). The van der Waals surface area contributed by atoms with Crippen molar-refractivity contribution in [3.63, 3.8) is 0 Å². The molecule has 0 saturated carbocycles. The van der Waals surface area contributed by atoms with Gasteiger partial charge < -0.3 is 15.5 Å². The van der Waals surface area contributed by atoms with Crippen molar-refractivity contribution >= 4 is 35.1 Å². The van der Waals surface area contributed by atoms with Gasteiger partial charge in [0.15, 0.2) is 0 Å². The zero-order chi connectivity index (χ0) is 23.2. The number of thiophene rings is 1. The van der Waals surface area contributed by atoms with Gasteiger partial charge in [-0.15, -0.1) is 0 Å². The monoisotopic (exact) mass is 466 g/mol. The van der Waals surface area contributed by atoms with Gasteiger partial charge in [-0.2, -0.15) is 11.3 Å². The lowest BCUT2D eigenvalue weighted by atomic mass is 9.78. The topological polar surface area (TPSA) is 98.8 Å². The Labute approximate surface area is 195 Å². The first kappa shape index (κ1) is 21.6. The van der Waals surface area contributed by atoms with Crippen molar-refractivity contribution in [2.24, 2.45) is 5.92 Å². The molecule has 5 rings (SSSR count). The molecule has 1 aromatic carbocycles. The Bertz CT molecular complexity index is 1110. The fourth-order valence-corrected chi connectivity index (χ4v) is 5.85. The summed E-state index contributed by atoms with van der Waals surface area (Å²) in [6.07, 6.45) is 1.48. The zero-order valence-electron chi connectivity index (χ0n) is 18.4. The van der Waals surface area contributed by atoms with Gasteiger partial charge in [-0.25, -0.2) is 4.79 Å². The Morgan fingerprint density at radius 1 is 1.15 bits per heavy atom. The molecule has 33 heavy (non-hydrogen) atoms. The molecule has 2 atom stereocenters. The number of fused-ring (bicyclic) bond motifs is 1. The van der Waals surface area contributed by atoms with Gasteiger partial charge in [-0.1, -0.05) is 18.2 Å². The summed E-state index contributed by atoms with van der Waals surface area (Å²) in [5, 5.41) is 9.68. The van der Waals surface area contributed by atoms with Crippen LogP contribution in [-0.4, -0.2) is 52.2 Å². The summed E-state index contributed by atoms with van der Waals surface area (Å²) in [6, 6.07) is 8.59. The summed E-state index contributed by atoms with van der Waals surface area (Å²) in [6.45, 7) is 3.12. The van der Waals surface area contributed by atoms with Crippen molar-refractivity contribution in [3.05, 3.63) is 57.8 Å².